The Kier molecular flexibility index (Phi) is 3.08. The summed E-state index contributed by atoms with van der Waals surface area (Å²) in [7, 11) is 0. The molecule has 0 N–H and O–H groups in total. The van der Waals surface area contributed by atoms with Gasteiger partial charge in [-0.15, -0.1) is 0 Å². The van der Waals surface area contributed by atoms with Crippen molar-refractivity contribution in [3.8, 4) is 0 Å². The van der Waals surface area contributed by atoms with Crippen LogP contribution in [0, 0.1) is 0 Å². The Morgan fingerprint density at radius 3 is 1.71 bits per heavy atom. The van der Waals surface area contributed by atoms with Crippen LogP contribution in [0.25, 0.3) is 0 Å². The molecule has 0 radical (unpaired) electrons. The van der Waals surface area contributed by atoms with Gasteiger partial charge in [0, 0.05) is 0 Å². The first kappa shape index (κ1) is 7.63. The van der Waals surface area contributed by atoms with Crippen LogP contribution in [-0.2, 0) is 29.2 Å². The van der Waals surface area contributed by atoms with Gasteiger partial charge in [-0.1, -0.05) is 0 Å². The average molecular weight is 137 g/mol. The van der Waals surface area contributed by atoms with Gasteiger partial charge in [0.2, 0.25) is 0 Å². The summed E-state index contributed by atoms with van der Waals surface area (Å²) < 4.78 is 4.41. The van der Waals surface area contributed by atoms with Crippen LogP contribution in [0.15, 0.2) is 0 Å². The fraction of sp³-hybridized carbons (Fsp3) is 1.00. The Hall–Kier alpha value is 0.634. The van der Waals surface area contributed by atoms with E-state index in [9.17, 15) is 0 Å². The van der Waals surface area contributed by atoms with Crippen LogP contribution < -0.4 is 0 Å². The standard InChI is InChI=1S/C4H10O2.Ti/c1-4(2,3)6-5;/h5H,1-3H3;/q;+1/p-1. The summed E-state index contributed by atoms with van der Waals surface area (Å²) in [6.45, 7) is 5.78. The first-order valence-electron chi connectivity index (χ1n) is 2.07. The molecule has 0 aliphatic heterocycles. The van der Waals surface area contributed by atoms with Gasteiger partial charge in [-0.2, -0.15) is 0 Å². The van der Waals surface area contributed by atoms with E-state index in [4.69, 9.17) is 4.89 Å². The molecule has 0 spiro atoms. The van der Waals surface area contributed by atoms with E-state index in [1.165, 1.54) is 20.8 Å². The van der Waals surface area contributed by atoms with Crippen LogP contribution in [0.1, 0.15) is 20.8 Å². The van der Waals surface area contributed by atoms with E-state index in [0.717, 1.165) is 0 Å². The third-order valence-electron chi connectivity index (χ3n) is 0.292. The molecule has 0 unspecified atom stereocenters. The van der Waals surface area contributed by atoms with Crippen molar-refractivity contribution in [2.24, 2.45) is 0 Å². The SMILES string of the molecule is CC(C)(C)O[O][Ti]. The van der Waals surface area contributed by atoms with Crippen LogP contribution in [-0.4, -0.2) is 5.60 Å². The third kappa shape index (κ3) is 6.63. The van der Waals surface area contributed by atoms with Gasteiger partial charge in [0.25, 0.3) is 0 Å². The molecule has 0 aromatic heterocycles. The molecule has 0 aliphatic rings. The van der Waals surface area contributed by atoms with Crippen LogP contribution in [0.3, 0.4) is 0 Å². The van der Waals surface area contributed by atoms with E-state index in [1.54, 1.807) is 0 Å². The summed E-state index contributed by atoms with van der Waals surface area (Å²) in [6.07, 6.45) is 0. The third-order valence-corrected chi connectivity index (χ3v) is 0.422. The molecular weight excluding hydrogens is 128 g/mol. The van der Waals surface area contributed by atoms with Gasteiger partial charge in [0.1, 0.15) is 0 Å². The van der Waals surface area contributed by atoms with Crippen molar-refractivity contribution >= 4 is 0 Å². The van der Waals surface area contributed by atoms with Gasteiger partial charge in [-0.05, 0) is 0 Å². The van der Waals surface area contributed by atoms with Crippen molar-refractivity contribution in [1.82, 2.24) is 0 Å². The fourth-order valence-electron chi connectivity index (χ4n) is 0.125. The van der Waals surface area contributed by atoms with E-state index in [-0.39, 0.29) is 5.60 Å². The molecule has 3 heteroatoms. The van der Waals surface area contributed by atoms with E-state index >= 15 is 0 Å². The van der Waals surface area contributed by atoms with Gasteiger partial charge >= 0.3 is 55.6 Å². The zero-order valence-corrected chi connectivity index (χ0v) is 6.38. The zero-order chi connectivity index (χ0) is 5.91. The predicted octanol–water partition coefficient (Wildman–Crippen LogP) is 1.19. The zero-order valence-electron chi connectivity index (χ0n) is 4.82. The van der Waals surface area contributed by atoms with Crippen LogP contribution >= 0.6 is 0 Å². The molecule has 0 aliphatic carbocycles. The minimum absolute atomic E-state index is 0.172. The minimum atomic E-state index is -0.172. The molecule has 0 saturated heterocycles. The van der Waals surface area contributed by atoms with Crippen molar-refractivity contribution < 1.29 is 29.2 Å². The Bertz CT molecular complexity index is 48.1. The maximum atomic E-state index is 4.73. The molecule has 0 atom stereocenters. The van der Waals surface area contributed by atoms with Crippen LogP contribution in [0.4, 0.5) is 0 Å². The Labute approximate surface area is 56.0 Å². The molecule has 0 heterocycles. The fourth-order valence-corrected chi connectivity index (χ4v) is 0.515. The van der Waals surface area contributed by atoms with Crippen molar-refractivity contribution in [2.75, 3.05) is 0 Å². The summed E-state index contributed by atoms with van der Waals surface area (Å²) in [4.78, 5) is 4.73. The number of hydrogen-bond donors (Lipinski definition) is 0. The van der Waals surface area contributed by atoms with Crippen molar-refractivity contribution in [2.45, 2.75) is 26.4 Å². The summed E-state index contributed by atoms with van der Waals surface area (Å²) in [5, 5.41) is 0. The molecule has 41 valence electrons. The van der Waals surface area contributed by atoms with E-state index in [0.29, 0.717) is 0 Å². The van der Waals surface area contributed by atoms with Crippen molar-refractivity contribution in [3.63, 3.8) is 0 Å². The second-order valence-electron chi connectivity index (χ2n) is 2.28. The summed E-state index contributed by atoms with van der Waals surface area (Å²) in [5.41, 5.74) is -0.172. The Balaban J connectivity index is 3.15. The first-order valence-corrected chi connectivity index (χ1v) is 2.71. The quantitative estimate of drug-likeness (QED) is 0.307. The molecule has 0 bridgehead atoms. The second kappa shape index (κ2) is 2.83. The van der Waals surface area contributed by atoms with Gasteiger partial charge in [-0.25, -0.2) is 0 Å². The summed E-state index contributed by atoms with van der Waals surface area (Å²) >= 11 is 1.51. The average Bonchev–Trinajstić information content (AvgIpc) is 1.30. The molecule has 0 fully saturated rings. The Morgan fingerprint density at radius 1 is 1.29 bits per heavy atom. The van der Waals surface area contributed by atoms with Gasteiger partial charge in [0.05, 0.1) is 0 Å². The second-order valence-corrected chi connectivity index (χ2v) is 2.54. The van der Waals surface area contributed by atoms with Crippen molar-refractivity contribution in [1.29, 1.82) is 0 Å². The molecule has 0 saturated carbocycles. The van der Waals surface area contributed by atoms with Gasteiger partial charge < -0.3 is 0 Å². The maximum absolute atomic E-state index is 4.73. The summed E-state index contributed by atoms with van der Waals surface area (Å²) in [6, 6.07) is 0. The molecule has 2 nitrogen and oxygen atoms in total. The summed E-state index contributed by atoms with van der Waals surface area (Å²) in [5.74, 6) is 0. The van der Waals surface area contributed by atoms with E-state index in [2.05, 4.69) is 3.47 Å². The van der Waals surface area contributed by atoms with Gasteiger partial charge in [0.15, 0.2) is 0 Å². The molecule has 0 aromatic carbocycles. The first-order chi connectivity index (χ1) is 3.06. The molecule has 0 amide bonds. The monoisotopic (exact) mass is 137 g/mol. The normalized spacial score (nSPS) is 11.7. The van der Waals surface area contributed by atoms with E-state index < -0.39 is 0 Å². The predicted molar refractivity (Wildman–Crippen MR) is 21.9 cm³/mol. The van der Waals surface area contributed by atoms with Gasteiger partial charge in [-0.3, -0.25) is 0 Å². The molecule has 0 rings (SSSR count). The topological polar surface area (TPSA) is 18.5 Å². The number of rotatable bonds is 1. The molecule has 0 aromatic rings. The van der Waals surface area contributed by atoms with Crippen LogP contribution in [0.5, 0.6) is 0 Å². The van der Waals surface area contributed by atoms with Crippen molar-refractivity contribution in [3.05, 3.63) is 0 Å². The molecule has 7 heavy (non-hydrogen) atoms. The Morgan fingerprint density at radius 2 is 1.71 bits per heavy atom. The molecular formula is C4H9O2Ti. The van der Waals surface area contributed by atoms with E-state index in [1.807, 2.05) is 20.8 Å². The van der Waals surface area contributed by atoms with Crippen LogP contribution in [0.2, 0.25) is 0 Å². The number of hydrogen-bond acceptors (Lipinski definition) is 2.